The number of para-hydroxylation sites is 1. The molecule has 2 atom stereocenters. The number of β-lactam (4-membered cyclic amide) rings is 1. The Bertz CT molecular complexity index is 840. The molecule has 9 nitrogen and oxygen atoms in total. The smallest absolute Gasteiger partial charge is 0.352 e. The quantitative estimate of drug-likeness (QED) is 0.492. The predicted octanol–water partition coefficient (Wildman–Crippen LogP) is 0.367. The molecular weight excluding hydrogens is 388 g/mol. The van der Waals surface area contributed by atoms with E-state index in [-0.39, 0.29) is 24.7 Å². The largest absolute Gasteiger partial charge is 0.484 e. The van der Waals surface area contributed by atoms with Crippen LogP contribution in [-0.4, -0.2) is 64.1 Å². The fourth-order valence-corrected chi connectivity index (χ4v) is 4.19. The van der Waals surface area contributed by atoms with Crippen LogP contribution in [0.4, 0.5) is 0 Å². The maximum atomic E-state index is 12.5. The van der Waals surface area contributed by atoms with Gasteiger partial charge in [0.1, 0.15) is 29.5 Å². The normalized spacial score (nSPS) is 20.8. The second kappa shape index (κ2) is 8.34. The summed E-state index contributed by atoms with van der Waals surface area (Å²) >= 11 is 1.30. The minimum atomic E-state index is -1.28. The summed E-state index contributed by atoms with van der Waals surface area (Å²) in [5, 5.41) is 11.5. The number of ether oxygens (including phenoxy) is 2. The molecule has 0 bridgehead atoms. The summed E-state index contributed by atoms with van der Waals surface area (Å²) in [4.78, 5) is 48.3. The van der Waals surface area contributed by atoms with Crippen molar-refractivity contribution in [2.45, 2.75) is 18.3 Å². The van der Waals surface area contributed by atoms with Gasteiger partial charge in [-0.05, 0) is 12.1 Å². The van der Waals surface area contributed by atoms with Gasteiger partial charge in [0.25, 0.3) is 11.8 Å². The van der Waals surface area contributed by atoms with Crippen molar-refractivity contribution < 1.29 is 33.8 Å². The van der Waals surface area contributed by atoms with E-state index in [4.69, 9.17) is 9.47 Å². The molecule has 1 fully saturated rings. The third-order valence-corrected chi connectivity index (χ3v) is 5.47. The zero-order valence-electron chi connectivity index (χ0n) is 14.9. The summed E-state index contributed by atoms with van der Waals surface area (Å²) in [6.45, 7) is 0.768. The number of fused-ring (bicyclic) bond motifs is 1. The number of nitrogens with one attached hydrogen (secondary N) is 1. The van der Waals surface area contributed by atoms with Gasteiger partial charge in [-0.15, -0.1) is 11.8 Å². The molecule has 2 N–H and O–H groups in total. The van der Waals surface area contributed by atoms with Crippen LogP contribution in [0, 0.1) is 0 Å². The SMILES string of the molecule is CC(=O)OCC1=C(C(=O)O)N2C(=O)[C@H](NC(=O)COc3ccccc3)[C@@H]2SC1. The molecule has 1 aromatic rings. The summed E-state index contributed by atoms with van der Waals surface area (Å²) in [5.74, 6) is -2.02. The monoisotopic (exact) mass is 406 g/mol. The summed E-state index contributed by atoms with van der Waals surface area (Å²) in [6, 6.07) is 7.93. The van der Waals surface area contributed by atoms with Gasteiger partial charge in [-0.2, -0.15) is 0 Å². The number of carboxylic acids is 1. The van der Waals surface area contributed by atoms with Gasteiger partial charge >= 0.3 is 11.9 Å². The van der Waals surface area contributed by atoms with Crippen molar-refractivity contribution in [1.29, 1.82) is 0 Å². The highest BCUT2D eigenvalue weighted by Gasteiger charge is 2.54. The van der Waals surface area contributed by atoms with E-state index in [1.807, 2.05) is 6.07 Å². The van der Waals surface area contributed by atoms with Gasteiger partial charge in [-0.25, -0.2) is 4.79 Å². The Morgan fingerprint density at radius 3 is 2.64 bits per heavy atom. The number of carbonyl (C=O) groups excluding carboxylic acids is 3. The molecule has 1 aromatic carbocycles. The molecule has 1 saturated heterocycles. The van der Waals surface area contributed by atoms with Crippen molar-refractivity contribution in [2.75, 3.05) is 19.0 Å². The van der Waals surface area contributed by atoms with Crippen LogP contribution in [0.5, 0.6) is 5.75 Å². The number of aliphatic carboxylic acids is 1. The second-order valence-corrected chi connectivity index (χ2v) is 7.20. The van der Waals surface area contributed by atoms with Gasteiger partial charge in [0.15, 0.2) is 6.61 Å². The molecule has 0 aliphatic carbocycles. The zero-order chi connectivity index (χ0) is 20.3. The van der Waals surface area contributed by atoms with Crippen molar-refractivity contribution in [1.82, 2.24) is 10.2 Å². The number of rotatable bonds is 7. The van der Waals surface area contributed by atoms with E-state index in [0.717, 1.165) is 4.90 Å². The van der Waals surface area contributed by atoms with E-state index >= 15 is 0 Å². The van der Waals surface area contributed by atoms with E-state index in [0.29, 0.717) is 11.3 Å². The first kappa shape index (κ1) is 19.7. The molecule has 148 valence electrons. The van der Waals surface area contributed by atoms with Crippen LogP contribution in [0.15, 0.2) is 41.6 Å². The van der Waals surface area contributed by atoms with E-state index in [9.17, 15) is 24.3 Å². The van der Waals surface area contributed by atoms with E-state index < -0.39 is 35.2 Å². The fraction of sp³-hybridized carbons (Fsp3) is 0.333. The molecular formula is C18H18N2O7S. The molecule has 0 spiro atoms. The van der Waals surface area contributed by atoms with Gasteiger partial charge in [0.2, 0.25) is 0 Å². The number of hydrogen-bond acceptors (Lipinski definition) is 7. The van der Waals surface area contributed by atoms with Crippen molar-refractivity contribution in [2.24, 2.45) is 0 Å². The third kappa shape index (κ3) is 4.11. The third-order valence-electron chi connectivity index (χ3n) is 4.13. The van der Waals surface area contributed by atoms with Crippen molar-refractivity contribution in [3.05, 3.63) is 41.6 Å². The molecule has 0 radical (unpaired) electrons. The Kier molecular flexibility index (Phi) is 5.88. The number of nitrogens with zero attached hydrogens (tertiary/aromatic N) is 1. The van der Waals surface area contributed by atoms with Crippen LogP contribution < -0.4 is 10.1 Å². The van der Waals surface area contributed by atoms with Gasteiger partial charge < -0.3 is 19.9 Å². The first-order valence-corrected chi connectivity index (χ1v) is 9.44. The Balaban J connectivity index is 1.62. The molecule has 0 saturated carbocycles. The molecule has 3 rings (SSSR count). The molecule has 2 aliphatic rings. The van der Waals surface area contributed by atoms with Crippen LogP contribution in [0.1, 0.15) is 6.92 Å². The molecule has 0 aromatic heterocycles. The van der Waals surface area contributed by atoms with Crippen LogP contribution in [0.3, 0.4) is 0 Å². The van der Waals surface area contributed by atoms with E-state index in [1.54, 1.807) is 24.3 Å². The number of benzene rings is 1. The molecule has 10 heteroatoms. The van der Waals surface area contributed by atoms with Crippen molar-refractivity contribution in [3.8, 4) is 5.75 Å². The minimum absolute atomic E-state index is 0.192. The average Bonchev–Trinajstić information content (AvgIpc) is 2.68. The fourth-order valence-electron chi connectivity index (χ4n) is 2.86. The lowest BCUT2D eigenvalue weighted by molar-refractivity contribution is -0.151. The highest BCUT2D eigenvalue weighted by atomic mass is 32.2. The van der Waals surface area contributed by atoms with Crippen LogP contribution >= 0.6 is 11.8 Å². The standard InChI is InChI=1S/C18H18N2O7S/c1-10(21)26-7-11-9-28-17-14(16(23)20(17)15(11)18(24)25)19-13(22)8-27-12-5-3-2-4-6-12/h2-6,14,17H,7-9H2,1H3,(H,19,22)(H,24,25)/t14-,17-/m0/s1. The summed E-state index contributed by atoms with van der Waals surface area (Å²) in [6.07, 6.45) is 0. The zero-order valence-corrected chi connectivity index (χ0v) is 15.7. The lowest BCUT2D eigenvalue weighted by atomic mass is 10.0. The number of amides is 2. The Morgan fingerprint density at radius 1 is 1.29 bits per heavy atom. The van der Waals surface area contributed by atoms with Gasteiger partial charge in [0.05, 0.1) is 0 Å². The number of carbonyl (C=O) groups is 4. The van der Waals surface area contributed by atoms with Crippen LogP contribution in [0.2, 0.25) is 0 Å². The Labute approximate surface area is 164 Å². The average molecular weight is 406 g/mol. The molecule has 2 heterocycles. The first-order chi connectivity index (χ1) is 13.4. The van der Waals surface area contributed by atoms with Crippen LogP contribution in [0.25, 0.3) is 0 Å². The number of hydrogen-bond donors (Lipinski definition) is 2. The summed E-state index contributed by atoms with van der Waals surface area (Å²) in [7, 11) is 0. The van der Waals surface area contributed by atoms with E-state index in [1.165, 1.54) is 18.7 Å². The lowest BCUT2D eigenvalue weighted by Crippen LogP contribution is -2.71. The number of thioether (sulfide) groups is 1. The van der Waals surface area contributed by atoms with Crippen molar-refractivity contribution in [3.63, 3.8) is 0 Å². The first-order valence-electron chi connectivity index (χ1n) is 8.39. The Hall–Kier alpha value is -3.01. The number of esters is 1. The molecule has 2 amide bonds. The predicted molar refractivity (Wildman–Crippen MR) is 98.3 cm³/mol. The molecule has 0 unspecified atom stereocenters. The van der Waals surface area contributed by atoms with Gasteiger partial charge in [-0.1, -0.05) is 18.2 Å². The topological polar surface area (TPSA) is 122 Å². The van der Waals surface area contributed by atoms with Crippen molar-refractivity contribution >= 4 is 35.5 Å². The van der Waals surface area contributed by atoms with Crippen LogP contribution in [-0.2, 0) is 23.9 Å². The Morgan fingerprint density at radius 2 is 2.00 bits per heavy atom. The second-order valence-electron chi connectivity index (χ2n) is 6.09. The molecule has 2 aliphatic heterocycles. The number of carboxylic acid groups (broad SMARTS) is 1. The summed E-state index contributed by atoms with van der Waals surface area (Å²) < 4.78 is 10.2. The lowest BCUT2D eigenvalue weighted by Gasteiger charge is -2.49. The van der Waals surface area contributed by atoms with Gasteiger partial charge in [0, 0.05) is 18.2 Å². The summed E-state index contributed by atoms with van der Waals surface area (Å²) in [5.41, 5.74) is 0.149. The molecule has 28 heavy (non-hydrogen) atoms. The van der Waals surface area contributed by atoms with Gasteiger partial charge in [-0.3, -0.25) is 19.3 Å². The van der Waals surface area contributed by atoms with E-state index in [2.05, 4.69) is 5.32 Å². The highest BCUT2D eigenvalue weighted by molar-refractivity contribution is 8.00. The minimum Gasteiger partial charge on any atom is -0.484 e. The maximum Gasteiger partial charge on any atom is 0.352 e. The highest BCUT2D eigenvalue weighted by Crippen LogP contribution is 2.40. The maximum absolute atomic E-state index is 12.5.